The van der Waals surface area contributed by atoms with Crippen LogP contribution in [0.15, 0.2) is 41.8 Å². The Morgan fingerprint density at radius 1 is 1.23 bits per heavy atom. The molecule has 8 heteroatoms. The van der Waals surface area contributed by atoms with Crippen molar-refractivity contribution in [3.05, 3.63) is 46.7 Å². The van der Waals surface area contributed by atoms with Gasteiger partial charge in [-0.2, -0.15) is 0 Å². The summed E-state index contributed by atoms with van der Waals surface area (Å²) in [6.45, 7) is -0.287. The second-order valence-electron chi connectivity index (χ2n) is 5.58. The molecular formula is C18H18N2O5S. The molecule has 1 aromatic heterocycles. The van der Waals surface area contributed by atoms with Crippen molar-refractivity contribution in [2.24, 2.45) is 0 Å². The Balaban J connectivity index is 1.44. The number of thiophene rings is 1. The van der Waals surface area contributed by atoms with Gasteiger partial charge in [-0.3, -0.25) is 19.3 Å². The van der Waals surface area contributed by atoms with Crippen LogP contribution in [-0.2, 0) is 25.5 Å². The van der Waals surface area contributed by atoms with Gasteiger partial charge in [0.05, 0.1) is 5.69 Å². The standard InChI is InChI=1S/C18H18N2O5S/c21-16(19-8-7-13-4-3-9-26-13)11-25-18(23)10-20-14-5-1-2-6-15(14)24-12-17(20)22/h1-6,9H,7-8,10-12H2,(H,19,21). The highest BCUT2D eigenvalue weighted by molar-refractivity contribution is 7.09. The molecule has 0 aliphatic carbocycles. The van der Waals surface area contributed by atoms with Crippen LogP contribution in [0.1, 0.15) is 4.88 Å². The topological polar surface area (TPSA) is 84.9 Å². The molecule has 1 aliphatic rings. The van der Waals surface area contributed by atoms with Gasteiger partial charge in [0.2, 0.25) is 0 Å². The Kier molecular flexibility index (Phi) is 5.85. The summed E-state index contributed by atoms with van der Waals surface area (Å²) < 4.78 is 10.3. The fraction of sp³-hybridized carbons (Fsp3) is 0.278. The first-order chi connectivity index (χ1) is 12.6. The molecule has 0 bridgehead atoms. The number of anilines is 1. The van der Waals surface area contributed by atoms with Crippen molar-refractivity contribution in [3.8, 4) is 5.75 Å². The quantitative estimate of drug-likeness (QED) is 0.740. The van der Waals surface area contributed by atoms with Crippen molar-refractivity contribution in [2.75, 3.05) is 31.2 Å². The van der Waals surface area contributed by atoms with Crippen molar-refractivity contribution in [3.63, 3.8) is 0 Å². The molecule has 2 heterocycles. The van der Waals surface area contributed by atoms with Gasteiger partial charge < -0.3 is 14.8 Å². The third kappa shape index (κ3) is 4.60. The minimum absolute atomic E-state index is 0.131. The van der Waals surface area contributed by atoms with E-state index in [4.69, 9.17) is 9.47 Å². The van der Waals surface area contributed by atoms with Crippen molar-refractivity contribution in [1.29, 1.82) is 0 Å². The molecular weight excluding hydrogens is 356 g/mol. The van der Waals surface area contributed by atoms with Crippen molar-refractivity contribution < 1.29 is 23.9 Å². The molecule has 0 saturated heterocycles. The highest BCUT2D eigenvalue weighted by Crippen LogP contribution is 2.31. The van der Waals surface area contributed by atoms with E-state index in [1.54, 1.807) is 35.6 Å². The average molecular weight is 374 g/mol. The number of benzene rings is 1. The maximum atomic E-state index is 12.0. The number of carbonyl (C=O) groups excluding carboxylic acids is 3. The predicted octanol–water partition coefficient (Wildman–Crippen LogP) is 1.38. The van der Waals surface area contributed by atoms with E-state index in [1.165, 1.54) is 9.78 Å². The predicted molar refractivity (Wildman–Crippen MR) is 96.3 cm³/mol. The van der Waals surface area contributed by atoms with Crippen LogP contribution in [0.3, 0.4) is 0 Å². The summed E-state index contributed by atoms with van der Waals surface area (Å²) in [5.41, 5.74) is 0.515. The Morgan fingerprint density at radius 3 is 2.88 bits per heavy atom. The molecule has 0 spiro atoms. The lowest BCUT2D eigenvalue weighted by Crippen LogP contribution is -2.43. The third-order valence-electron chi connectivity index (χ3n) is 3.73. The molecule has 136 valence electrons. The molecule has 7 nitrogen and oxygen atoms in total. The van der Waals surface area contributed by atoms with Crippen LogP contribution in [0.25, 0.3) is 0 Å². The van der Waals surface area contributed by atoms with Crippen LogP contribution in [0.4, 0.5) is 5.69 Å². The van der Waals surface area contributed by atoms with Crippen LogP contribution in [0.2, 0.25) is 0 Å². The van der Waals surface area contributed by atoms with E-state index in [-0.39, 0.29) is 31.6 Å². The van der Waals surface area contributed by atoms with Gasteiger partial charge >= 0.3 is 5.97 Å². The molecule has 26 heavy (non-hydrogen) atoms. The maximum Gasteiger partial charge on any atom is 0.326 e. The maximum absolute atomic E-state index is 12.0. The van der Waals surface area contributed by atoms with E-state index in [0.717, 1.165) is 6.42 Å². The van der Waals surface area contributed by atoms with Gasteiger partial charge in [0.25, 0.3) is 11.8 Å². The number of hydrogen-bond donors (Lipinski definition) is 1. The van der Waals surface area contributed by atoms with E-state index in [9.17, 15) is 14.4 Å². The van der Waals surface area contributed by atoms with E-state index < -0.39 is 5.97 Å². The largest absolute Gasteiger partial charge is 0.482 e. The summed E-state index contributed by atoms with van der Waals surface area (Å²) in [7, 11) is 0. The monoisotopic (exact) mass is 374 g/mol. The lowest BCUT2D eigenvalue weighted by Gasteiger charge is -2.28. The second-order valence-corrected chi connectivity index (χ2v) is 6.61. The van der Waals surface area contributed by atoms with Crippen molar-refractivity contribution in [1.82, 2.24) is 5.32 Å². The normalized spacial score (nSPS) is 12.9. The fourth-order valence-corrected chi connectivity index (χ4v) is 3.19. The van der Waals surface area contributed by atoms with Crippen LogP contribution < -0.4 is 15.0 Å². The molecule has 1 N–H and O–H groups in total. The second kappa shape index (κ2) is 8.48. The summed E-state index contributed by atoms with van der Waals surface area (Å²) >= 11 is 1.62. The number of rotatable bonds is 7. The Bertz CT molecular complexity index is 791. The SMILES string of the molecule is O=C(COC(=O)CN1C(=O)COc2ccccc21)NCCc1cccs1. The molecule has 0 atom stereocenters. The summed E-state index contributed by atoms with van der Waals surface area (Å²) in [6.07, 6.45) is 0.733. The molecule has 2 aromatic rings. The molecule has 1 aliphatic heterocycles. The minimum Gasteiger partial charge on any atom is -0.482 e. The van der Waals surface area contributed by atoms with Gasteiger partial charge in [-0.25, -0.2) is 0 Å². The van der Waals surface area contributed by atoms with Crippen LogP contribution in [0.5, 0.6) is 5.75 Å². The van der Waals surface area contributed by atoms with Gasteiger partial charge in [-0.15, -0.1) is 11.3 Å². The van der Waals surface area contributed by atoms with E-state index in [0.29, 0.717) is 18.0 Å². The zero-order chi connectivity index (χ0) is 18.4. The highest BCUT2D eigenvalue weighted by atomic mass is 32.1. The first-order valence-corrected chi connectivity index (χ1v) is 8.98. The molecule has 3 rings (SSSR count). The molecule has 0 fully saturated rings. The molecule has 0 radical (unpaired) electrons. The van der Waals surface area contributed by atoms with E-state index in [2.05, 4.69) is 5.32 Å². The average Bonchev–Trinajstić information content (AvgIpc) is 3.16. The summed E-state index contributed by atoms with van der Waals surface area (Å²) in [5, 5.41) is 4.67. The number of ether oxygens (including phenoxy) is 2. The third-order valence-corrected chi connectivity index (χ3v) is 4.67. The zero-order valence-electron chi connectivity index (χ0n) is 14.0. The highest BCUT2D eigenvalue weighted by Gasteiger charge is 2.27. The van der Waals surface area contributed by atoms with E-state index >= 15 is 0 Å². The number of para-hydroxylation sites is 2. The number of fused-ring (bicyclic) bond motifs is 1. The number of hydrogen-bond acceptors (Lipinski definition) is 6. The molecule has 1 aromatic carbocycles. The lowest BCUT2D eigenvalue weighted by atomic mass is 10.2. The molecule has 0 unspecified atom stereocenters. The summed E-state index contributed by atoms with van der Waals surface area (Å²) in [5.74, 6) is -0.820. The van der Waals surface area contributed by atoms with Gasteiger partial charge in [0, 0.05) is 11.4 Å². The zero-order valence-corrected chi connectivity index (χ0v) is 14.8. The summed E-state index contributed by atoms with van der Waals surface area (Å²) in [6, 6.07) is 10.9. The molecule has 0 saturated carbocycles. The van der Waals surface area contributed by atoms with Crippen LogP contribution in [0, 0.1) is 0 Å². The number of esters is 1. The first-order valence-electron chi connectivity index (χ1n) is 8.10. The number of carbonyl (C=O) groups is 3. The first kappa shape index (κ1) is 17.9. The van der Waals surface area contributed by atoms with Gasteiger partial charge in [0.15, 0.2) is 13.2 Å². The Morgan fingerprint density at radius 2 is 2.08 bits per heavy atom. The van der Waals surface area contributed by atoms with Crippen molar-refractivity contribution in [2.45, 2.75) is 6.42 Å². The molecule has 2 amide bonds. The van der Waals surface area contributed by atoms with Crippen molar-refractivity contribution >= 4 is 34.8 Å². The number of nitrogens with zero attached hydrogens (tertiary/aromatic N) is 1. The van der Waals surface area contributed by atoms with Crippen LogP contribution in [-0.4, -0.2) is 44.1 Å². The van der Waals surface area contributed by atoms with Crippen LogP contribution >= 0.6 is 11.3 Å². The van der Waals surface area contributed by atoms with Gasteiger partial charge in [0.1, 0.15) is 12.3 Å². The Hall–Kier alpha value is -2.87. The smallest absolute Gasteiger partial charge is 0.326 e. The number of amides is 2. The minimum atomic E-state index is -0.650. The fourth-order valence-electron chi connectivity index (χ4n) is 2.48. The van der Waals surface area contributed by atoms with E-state index in [1.807, 2.05) is 17.5 Å². The van der Waals surface area contributed by atoms with Gasteiger partial charge in [-0.1, -0.05) is 18.2 Å². The number of nitrogens with one attached hydrogen (secondary N) is 1. The Labute approximate surface area is 154 Å². The lowest BCUT2D eigenvalue weighted by molar-refractivity contribution is -0.147. The summed E-state index contributed by atoms with van der Waals surface area (Å²) in [4.78, 5) is 38.2. The van der Waals surface area contributed by atoms with Gasteiger partial charge in [-0.05, 0) is 30.0 Å².